The van der Waals surface area contributed by atoms with Crippen LogP contribution in [0.15, 0.2) is 0 Å². The average Bonchev–Trinajstić information content (AvgIpc) is 2.81. The van der Waals surface area contributed by atoms with Gasteiger partial charge in [-0.2, -0.15) is 0 Å². The second-order valence-corrected chi connectivity index (χ2v) is 5.55. The van der Waals surface area contributed by atoms with E-state index in [9.17, 15) is 9.90 Å². The summed E-state index contributed by atoms with van der Waals surface area (Å²) in [5, 5.41) is 16.5. The number of thiazole rings is 1. The Balaban J connectivity index is 1.91. The Labute approximate surface area is 104 Å². The van der Waals surface area contributed by atoms with Crippen molar-refractivity contribution in [3.05, 3.63) is 15.6 Å². The van der Waals surface area contributed by atoms with Crippen LogP contribution in [-0.4, -0.2) is 41.7 Å². The molecule has 2 atom stereocenters. The van der Waals surface area contributed by atoms with Crippen molar-refractivity contribution < 1.29 is 9.90 Å². The summed E-state index contributed by atoms with van der Waals surface area (Å²) in [5.41, 5.74) is 0.773. The summed E-state index contributed by atoms with van der Waals surface area (Å²) < 4.78 is 0. The van der Waals surface area contributed by atoms with E-state index < -0.39 is 0 Å². The predicted molar refractivity (Wildman–Crippen MR) is 66.3 cm³/mol. The molecule has 2 rings (SSSR count). The van der Waals surface area contributed by atoms with E-state index in [0.717, 1.165) is 17.2 Å². The van der Waals surface area contributed by atoms with Crippen molar-refractivity contribution in [3.63, 3.8) is 0 Å². The highest BCUT2D eigenvalue weighted by atomic mass is 32.1. The maximum absolute atomic E-state index is 11.9. The molecule has 0 aromatic carbocycles. The number of aliphatic hydroxyl groups is 1. The fraction of sp³-hybridized carbons (Fsp3) is 0.636. The Morgan fingerprint density at radius 3 is 2.88 bits per heavy atom. The third-order valence-corrected chi connectivity index (χ3v) is 4.01. The maximum Gasteiger partial charge on any atom is 0.263 e. The normalized spacial score (nSPS) is 23.9. The summed E-state index contributed by atoms with van der Waals surface area (Å²) in [6.07, 6.45) is -0.361. The van der Waals surface area contributed by atoms with E-state index in [4.69, 9.17) is 0 Å². The van der Waals surface area contributed by atoms with E-state index in [1.165, 1.54) is 11.3 Å². The van der Waals surface area contributed by atoms with Gasteiger partial charge in [0.05, 0.1) is 16.8 Å². The van der Waals surface area contributed by atoms with Gasteiger partial charge < -0.3 is 15.7 Å². The molecule has 17 heavy (non-hydrogen) atoms. The van der Waals surface area contributed by atoms with Gasteiger partial charge in [0.25, 0.3) is 5.91 Å². The first-order valence-electron chi connectivity index (χ1n) is 5.69. The highest BCUT2D eigenvalue weighted by Gasteiger charge is 2.25. The standard InChI is InChI=1S/C11H17N3O2S/c1-6-10(17-7(2)14-6)11(16)13-4-8-3-12-5-9(8)15/h8-9,12,15H,3-5H2,1-2H3,(H,13,16). The van der Waals surface area contributed by atoms with Gasteiger partial charge in [0, 0.05) is 25.6 Å². The zero-order valence-electron chi connectivity index (χ0n) is 9.99. The van der Waals surface area contributed by atoms with E-state index in [0.29, 0.717) is 18.0 Å². The van der Waals surface area contributed by atoms with E-state index in [2.05, 4.69) is 15.6 Å². The van der Waals surface area contributed by atoms with E-state index in [1.54, 1.807) is 0 Å². The minimum atomic E-state index is -0.361. The van der Waals surface area contributed by atoms with Gasteiger partial charge in [0.2, 0.25) is 0 Å². The van der Waals surface area contributed by atoms with E-state index >= 15 is 0 Å². The highest BCUT2D eigenvalue weighted by Crippen LogP contribution is 2.17. The SMILES string of the molecule is Cc1nc(C)c(C(=O)NCC2CNCC2O)s1. The van der Waals surface area contributed by atoms with Crippen molar-refractivity contribution in [3.8, 4) is 0 Å². The van der Waals surface area contributed by atoms with Gasteiger partial charge in [-0.3, -0.25) is 4.79 Å². The highest BCUT2D eigenvalue weighted by molar-refractivity contribution is 7.13. The lowest BCUT2D eigenvalue weighted by molar-refractivity contribution is 0.0930. The van der Waals surface area contributed by atoms with Crippen LogP contribution in [0.3, 0.4) is 0 Å². The van der Waals surface area contributed by atoms with Gasteiger partial charge in [0.1, 0.15) is 4.88 Å². The van der Waals surface area contributed by atoms with Crippen LogP contribution in [0.25, 0.3) is 0 Å². The third kappa shape index (κ3) is 2.83. The molecule has 0 radical (unpaired) electrons. The van der Waals surface area contributed by atoms with Gasteiger partial charge in [0.15, 0.2) is 0 Å². The summed E-state index contributed by atoms with van der Waals surface area (Å²) in [7, 11) is 0. The molecule has 1 saturated heterocycles. The number of aliphatic hydroxyl groups excluding tert-OH is 1. The lowest BCUT2D eigenvalue weighted by atomic mass is 10.1. The van der Waals surface area contributed by atoms with Crippen LogP contribution in [0.4, 0.5) is 0 Å². The summed E-state index contributed by atoms with van der Waals surface area (Å²) in [5.74, 6) is 0.0143. The van der Waals surface area contributed by atoms with Crippen LogP contribution in [0, 0.1) is 19.8 Å². The summed E-state index contributed by atoms with van der Waals surface area (Å²) in [6.45, 7) is 5.59. The molecule has 1 aromatic rings. The predicted octanol–water partition coefficient (Wildman–Crippen LogP) is 0.0700. The Bertz CT molecular complexity index is 419. The molecule has 3 N–H and O–H groups in total. The third-order valence-electron chi connectivity index (χ3n) is 2.94. The van der Waals surface area contributed by atoms with Crippen LogP contribution in [-0.2, 0) is 0 Å². The summed E-state index contributed by atoms with van der Waals surface area (Å²) in [6, 6.07) is 0. The molecule has 1 aromatic heterocycles. The first kappa shape index (κ1) is 12.5. The zero-order chi connectivity index (χ0) is 12.4. The Morgan fingerprint density at radius 1 is 1.59 bits per heavy atom. The summed E-state index contributed by atoms with van der Waals surface area (Å²) >= 11 is 1.40. The molecule has 1 aliphatic rings. The number of β-amino-alcohol motifs (C(OH)–C–C–N with tert-alkyl or cyclic N) is 1. The fourth-order valence-electron chi connectivity index (χ4n) is 1.97. The minimum Gasteiger partial charge on any atom is -0.391 e. The monoisotopic (exact) mass is 255 g/mol. The van der Waals surface area contributed by atoms with Crippen LogP contribution in [0.2, 0.25) is 0 Å². The Morgan fingerprint density at radius 2 is 2.35 bits per heavy atom. The number of hydrogen-bond donors (Lipinski definition) is 3. The largest absolute Gasteiger partial charge is 0.391 e. The van der Waals surface area contributed by atoms with Crippen LogP contribution >= 0.6 is 11.3 Å². The van der Waals surface area contributed by atoms with Crippen molar-refractivity contribution in [2.75, 3.05) is 19.6 Å². The number of nitrogens with zero attached hydrogens (tertiary/aromatic N) is 1. The van der Waals surface area contributed by atoms with Crippen LogP contribution < -0.4 is 10.6 Å². The molecule has 94 valence electrons. The average molecular weight is 255 g/mol. The molecule has 6 heteroatoms. The molecule has 2 unspecified atom stereocenters. The number of carbonyl (C=O) groups is 1. The lowest BCUT2D eigenvalue weighted by Gasteiger charge is -2.13. The molecule has 1 fully saturated rings. The number of nitrogens with one attached hydrogen (secondary N) is 2. The Kier molecular flexibility index (Phi) is 3.76. The van der Waals surface area contributed by atoms with Gasteiger partial charge in [-0.1, -0.05) is 0 Å². The second kappa shape index (κ2) is 5.12. The maximum atomic E-state index is 11.9. The molecular formula is C11H17N3O2S. The molecular weight excluding hydrogens is 238 g/mol. The van der Waals surface area contributed by atoms with Crippen molar-refractivity contribution >= 4 is 17.2 Å². The molecule has 0 saturated carbocycles. The van der Waals surface area contributed by atoms with Crippen LogP contribution in [0.5, 0.6) is 0 Å². The molecule has 2 heterocycles. The number of aryl methyl sites for hydroxylation is 2. The van der Waals surface area contributed by atoms with E-state index in [1.807, 2.05) is 13.8 Å². The number of rotatable bonds is 3. The lowest BCUT2D eigenvalue weighted by Crippen LogP contribution is -2.34. The number of amides is 1. The van der Waals surface area contributed by atoms with E-state index in [-0.39, 0.29) is 17.9 Å². The smallest absolute Gasteiger partial charge is 0.263 e. The van der Waals surface area contributed by atoms with Gasteiger partial charge >= 0.3 is 0 Å². The number of carbonyl (C=O) groups excluding carboxylic acids is 1. The van der Waals surface area contributed by atoms with Crippen molar-refractivity contribution in [2.24, 2.45) is 5.92 Å². The fourth-order valence-corrected chi connectivity index (χ4v) is 2.81. The molecule has 0 aliphatic carbocycles. The number of hydrogen-bond acceptors (Lipinski definition) is 5. The molecule has 5 nitrogen and oxygen atoms in total. The van der Waals surface area contributed by atoms with Crippen LogP contribution in [0.1, 0.15) is 20.4 Å². The molecule has 0 bridgehead atoms. The molecule has 0 spiro atoms. The van der Waals surface area contributed by atoms with Gasteiger partial charge in [-0.05, 0) is 13.8 Å². The number of aromatic nitrogens is 1. The summed E-state index contributed by atoms with van der Waals surface area (Å²) in [4.78, 5) is 16.8. The van der Waals surface area contributed by atoms with Crippen molar-refractivity contribution in [2.45, 2.75) is 20.0 Å². The van der Waals surface area contributed by atoms with Crippen molar-refractivity contribution in [1.29, 1.82) is 0 Å². The molecule has 1 aliphatic heterocycles. The zero-order valence-corrected chi connectivity index (χ0v) is 10.8. The molecule has 1 amide bonds. The topological polar surface area (TPSA) is 74.2 Å². The first-order chi connectivity index (χ1) is 8.08. The quantitative estimate of drug-likeness (QED) is 0.714. The first-order valence-corrected chi connectivity index (χ1v) is 6.50. The van der Waals surface area contributed by atoms with Gasteiger partial charge in [-0.15, -0.1) is 11.3 Å². The van der Waals surface area contributed by atoms with Gasteiger partial charge in [-0.25, -0.2) is 4.98 Å². The second-order valence-electron chi connectivity index (χ2n) is 4.34. The minimum absolute atomic E-state index is 0.0906. The van der Waals surface area contributed by atoms with Crippen molar-refractivity contribution in [1.82, 2.24) is 15.6 Å². The Hall–Kier alpha value is -0.980.